The molecule has 1 fully saturated rings. The Bertz CT molecular complexity index is 1340. The summed E-state index contributed by atoms with van der Waals surface area (Å²) in [5.74, 6) is 1.05. The van der Waals surface area contributed by atoms with Gasteiger partial charge in [0.05, 0.1) is 23.7 Å². The Kier molecular flexibility index (Phi) is 4.24. The van der Waals surface area contributed by atoms with Gasteiger partial charge in [0.1, 0.15) is 5.82 Å². The number of hydrogen-bond acceptors (Lipinski definition) is 6. The van der Waals surface area contributed by atoms with Gasteiger partial charge in [-0.2, -0.15) is 4.98 Å². The molecule has 3 N–H and O–H groups in total. The largest absolute Gasteiger partial charge is 0.393 e. The number of nitrogens with one attached hydrogen (secondary N) is 2. The first kappa shape index (κ1) is 18.6. The quantitative estimate of drug-likeness (QED) is 0.456. The lowest BCUT2D eigenvalue weighted by Crippen LogP contribution is -2.40. The SMILES string of the molecule is Cn1c(NC2CC[C@@H](O)C2)nc2c1c(=O)n(Cc1nc3ccccc3[nH]1)c(=O)n2C. The molecular formula is C20H23N7O3. The van der Waals surface area contributed by atoms with E-state index in [4.69, 9.17) is 0 Å². The van der Waals surface area contributed by atoms with Gasteiger partial charge in [-0.05, 0) is 31.4 Å². The van der Waals surface area contributed by atoms with E-state index < -0.39 is 11.2 Å². The molecule has 1 aliphatic rings. The van der Waals surface area contributed by atoms with Crippen molar-refractivity contribution in [3.05, 3.63) is 50.9 Å². The molecule has 156 valence electrons. The van der Waals surface area contributed by atoms with Crippen molar-refractivity contribution in [3.63, 3.8) is 0 Å². The normalized spacial score (nSPS) is 19.2. The van der Waals surface area contributed by atoms with Gasteiger partial charge in [0.25, 0.3) is 5.56 Å². The van der Waals surface area contributed by atoms with Crippen LogP contribution in [0.5, 0.6) is 0 Å². The van der Waals surface area contributed by atoms with Crippen LogP contribution in [0.2, 0.25) is 0 Å². The van der Waals surface area contributed by atoms with Crippen LogP contribution in [0.4, 0.5) is 5.95 Å². The second kappa shape index (κ2) is 6.84. The summed E-state index contributed by atoms with van der Waals surface area (Å²) in [6.45, 7) is 0.0406. The van der Waals surface area contributed by atoms with Crippen LogP contribution in [-0.4, -0.2) is 45.9 Å². The summed E-state index contributed by atoms with van der Waals surface area (Å²) in [6.07, 6.45) is 1.89. The van der Waals surface area contributed by atoms with E-state index in [0.717, 1.165) is 23.9 Å². The van der Waals surface area contributed by atoms with Gasteiger partial charge in [-0.3, -0.25) is 13.9 Å². The van der Waals surface area contributed by atoms with Crippen LogP contribution in [0.15, 0.2) is 33.9 Å². The summed E-state index contributed by atoms with van der Waals surface area (Å²) in [5.41, 5.74) is 1.44. The summed E-state index contributed by atoms with van der Waals surface area (Å²) in [7, 11) is 3.36. The molecular weight excluding hydrogens is 386 g/mol. The van der Waals surface area contributed by atoms with Gasteiger partial charge in [-0.1, -0.05) is 12.1 Å². The summed E-state index contributed by atoms with van der Waals surface area (Å²) >= 11 is 0. The first-order chi connectivity index (χ1) is 14.4. The fourth-order valence-corrected chi connectivity index (χ4v) is 4.21. The van der Waals surface area contributed by atoms with E-state index in [0.29, 0.717) is 29.4 Å². The number of aromatic nitrogens is 6. The van der Waals surface area contributed by atoms with E-state index in [-0.39, 0.29) is 18.7 Å². The summed E-state index contributed by atoms with van der Waals surface area (Å²) < 4.78 is 4.23. The van der Waals surface area contributed by atoms with Gasteiger partial charge in [0.2, 0.25) is 5.95 Å². The third-order valence-corrected chi connectivity index (χ3v) is 5.84. The monoisotopic (exact) mass is 409 g/mol. The number of para-hydroxylation sites is 2. The highest BCUT2D eigenvalue weighted by Gasteiger charge is 2.25. The first-order valence-electron chi connectivity index (χ1n) is 9.97. The number of aromatic amines is 1. The zero-order valence-corrected chi connectivity index (χ0v) is 16.8. The molecule has 0 amide bonds. The number of fused-ring (bicyclic) bond motifs is 2. The number of aryl methyl sites for hydroxylation is 2. The number of aliphatic hydroxyl groups is 1. The molecule has 0 saturated heterocycles. The van der Waals surface area contributed by atoms with Gasteiger partial charge >= 0.3 is 5.69 Å². The van der Waals surface area contributed by atoms with E-state index in [1.54, 1.807) is 18.7 Å². The number of benzene rings is 1. The Morgan fingerprint density at radius 3 is 2.70 bits per heavy atom. The van der Waals surface area contributed by atoms with Crippen molar-refractivity contribution in [2.75, 3.05) is 5.32 Å². The van der Waals surface area contributed by atoms with Crippen molar-refractivity contribution in [3.8, 4) is 0 Å². The zero-order valence-electron chi connectivity index (χ0n) is 16.8. The molecule has 0 aliphatic heterocycles. The molecule has 1 aromatic carbocycles. The number of anilines is 1. The van der Waals surface area contributed by atoms with Crippen LogP contribution >= 0.6 is 0 Å². The van der Waals surface area contributed by atoms with E-state index in [2.05, 4.69) is 20.3 Å². The smallest absolute Gasteiger partial charge is 0.332 e. The van der Waals surface area contributed by atoms with E-state index >= 15 is 0 Å². The maximum atomic E-state index is 13.2. The topological polar surface area (TPSA) is 123 Å². The lowest BCUT2D eigenvalue weighted by Gasteiger charge is -2.12. The van der Waals surface area contributed by atoms with Crippen LogP contribution in [-0.2, 0) is 20.6 Å². The minimum atomic E-state index is -0.450. The van der Waals surface area contributed by atoms with Crippen LogP contribution in [0, 0.1) is 0 Å². The Labute approximate surface area is 170 Å². The third-order valence-electron chi connectivity index (χ3n) is 5.84. The van der Waals surface area contributed by atoms with Gasteiger partial charge in [-0.15, -0.1) is 0 Å². The Morgan fingerprint density at radius 2 is 1.97 bits per heavy atom. The molecule has 0 radical (unpaired) electrons. The van der Waals surface area contributed by atoms with Crippen molar-refractivity contribution in [1.29, 1.82) is 0 Å². The van der Waals surface area contributed by atoms with E-state index in [9.17, 15) is 14.7 Å². The van der Waals surface area contributed by atoms with Crippen molar-refractivity contribution in [1.82, 2.24) is 28.7 Å². The number of nitrogens with zero attached hydrogens (tertiary/aromatic N) is 5. The Hall–Kier alpha value is -3.40. The lowest BCUT2D eigenvalue weighted by atomic mass is 10.2. The fourth-order valence-electron chi connectivity index (χ4n) is 4.21. The Morgan fingerprint density at radius 1 is 1.17 bits per heavy atom. The Balaban J connectivity index is 1.58. The molecule has 0 spiro atoms. The second-order valence-electron chi connectivity index (χ2n) is 7.91. The number of imidazole rings is 2. The molecule has 10 nitrogen and oxygen atoms in total. The average Bonchev–Trinajstić information content (AvgIpc) is 3.41. The van der Waals surface area contributed by atoms with Crippen LogP contribution in [0.1, 0.15) is 25.1 Å². The predicted octanol–water partition coefficient (Wildman–Crippen LogP) is 0.684. The maximum absolute atomic E-state index is 13.2. The average molecular weight is 409 g/mol. The van der Waals surface area contributed by atoms with Crippen LogP contribution in [0.25, 0.3) is 22.2 Å². The minimum Gasteiger partial charge on any atom is -0.393 e. The number of hydrogen-bond donors (Lipinski definition) is 3. The molecule has 0 bridgehead atoms. The maximum Gasteiger partial charge on any atom is 0.332 e. The zero-order chi connectivity index (χ0) is 21.0. The molecule has 1 aliphatic carbocycles. The number of H-pyrrole nitrogens is 1. The molecule has 2 atom stereocenters. The van der Waals surface area contributed by atoms with Crippen molar-refractivity contribution < 1.29 is 5.11 Å². The summed E-state index contributed by atoms with van der Waals surface area (Å²) in [6, 6.07) is 7.64. The second-order valence-corrected chi connectivity index (χ2v) is 7.91. The van der Waals surface area contributed by atoms with E-state index in [1.807, 2.05) is 24.3 Å². The highest BCUT2D eigenvalue weighted by Crippen LogP contribution is 2.23. The van der Waals surface area contributed by atoms with Gasteiger partial charge in [-0.25, -0.2) is 9.78 Å². The summed E-state index contributed by atoms with van der Waals surface area (Å²) in [4.78, 5) is 38.3. The molecule has 4 aromatic rings. The fraction of sp³-hybridized carbons (Fsp3) is 0.400. The molecule has 5 rings (SSSR count). The van der Waals surface area contributed by atoms with Gasteiger partial charge in [0.15, 0.2) is 11.2 Å². The van der Waals surface area contributed by atoms with Crippen molar-refractivity contribution >= 4 is 28.1 Å². The number of aliphatic hydroxyl groups excluding tert-OH is 1. The lowest BCUT2D eigenvalue weighted by molar-refractivity contribution is 0.182. The standard InChI is InChI=1S/C20H23N7O3/c1-25-16-17(24-19(25)21-11-7-8-12(28)9-11)26(2)20(30)27(18(16)29)10-15-22-13-5-3-4-6-14(13)23-15/h3-6,11-12,28H,7-10H2,1-2H3,(H,21,24)(H,22,23)/t11?,12-/m1/s1. The van der Waals surface area contributed by atoms with E-state index in [1.165, 1.54) is 9.13 Å². The third kappa shape index (κ3) is 2.91. The first-order valence-corrected chi connectivity index (χ1v) is 9.97. The molecule has 10 heteroatoms. The summed E-state index contributed by atoms with van der Waals surface area (Å²) in [5, 5.41) is 13.1. The molecule has 1 unspecified atom stereocenters. The molecule has 3 heterocycles. The van der Waals surface area contributed by atoms with Gasteiger partial charge in [0, 0.05) is 20.1 Å². The predicted molar refractivity (Wildman–Crippen MR) is 113 cm³/mol. The molecule has 30 heavy (non-hydrogen) atoms. The van der Waals surface area contributed by atoms with Gasteiger partial charge < -0.3 is 20.0 Å². The van der Waals surface area contributed by atoms with Crippen LogP contribution < -0.4 is 16.6 Å². The molecule has 3 aromatic heterocycles. The minimum absolute atomic E-state index is 0.0406. The number of rotatable bonds is 4. The van der Waals surface area contributed by atoms with Crippen LogP contribution in [0.3, 0.4) is 0 Å². The van der Waals surface area contributed by atoms with Crippen molar-refractivity contribution in [2.24, 2.45) is 14.1 Å². The molecule has 1 saturated carbocycles. The van der Waals surface area contributed by atoms with Crippen molar-refractivity contribution in [2.45, 2.75) is 38.0 Å². The highest BCUT2D eigenvalue weighted by atomic mass is 16.3. The highest BCUT2D eigenvalue weighted by molar-refractivity contribution is 5.75.